The van der Waals surface area contributed by atoms with Crippen molar-refractivity contribution in [3.8, 4) is 22.5 Å². The molecule has 2 aromatic carbocycles. The number of H-pyrrole nitrogens is 1. The summed E-state index contributed by atoms with van der Waals surface area (Å²) in [6.07, 6.45) is 2.88. The van der Waals surface area contributed by atoms with Gasteiger partial charge in [0.25, 0.3) is 0 Å². The molecule has 0 aliphatic carbocycles. The minimum Gasteiger partial charge on any atom is -0.304 e. The molecule has 0 aliphatic heterocycles. The molecule has 6 rings (SSSR count). The van der Waals surface area contributed by atoms with Crippen molar-refractivity contribution >= 4 is 21.9 Å². The predicted octanol–water partition coefficient (Wildman–Crippen LogP) is 4.49. The van der Waals surface area contributed by atoms with Gasteiger partial charge in [0, 0.05) is 23.3 Å². The van der Waals surface area contributed by atoms with Crippen LogP contribution in [-0.2, 0) is 12.6 Å². The number of aryl methyl sites for hydroxylation is 1. The Morgan fingerprint density at radius 2 is 1.78 bits per heavy atom. The van der Waals surface area contributed by atoms with E-state index in [9.17, 15) is 18.0 Å². The van der Waals surface area contributed by atoms with Crippen molar-refractivity contribution in [3.63, 3.8) is 0 Å². The van der Waals surface area contributed by atoms with E-state index >= 15 is 0 Å². The van der Waals surface area contributed by atoms with Gasteiger partial charge in [-0.2, -0.15) is 18.3 Å². The van der Waals surface area contributed by atoms with Crippen LogP contribution in [0.1, 0.15) is 18.2 Å². The molecule has 4 heterocycles. The summed E-state index contributed by atoms with van der Waals surface area (Å²) >= 11 is 0. The number of pyridine rings is 1. The fourth-order valence-electron chi connectivity index (χ4n) is 4.48. The zero-order valence-electron chi connectivity index (χ0n) is 19.2. The number of rotatable bonds is 4. The van der Waals surface area contributed by atoms with Crippen molar-refractivity contribution in [2.45, 2.75) is 19.5 Å². The highest BCUT2D eigenvalue weighted by atomic mass is 19.4. The summed E-state index contributed by atoms with van der Waals surface area (Å²) in [6.45, 7) is 1.90. The second-order valence-electron chi connectivity index (χ2n) is 8.30. The van der Waals surface area contributed by atoms with Gasteiger partial charge in [-0.15, -0.1) is 0 Å². The molecule has 0 aliphatic rings. The first kappa shape index (κ1) is 22.6. The normalized spacial score (nSPS) is 12.0. The lowest BCUT2D eigenvalue weighted by atomic mass is 10.0. The van der Waals surface area contributed by atoms with Crippen LogP contribution in [0.15, 0.2) is 72.6 Å². The van der Waals surface area contributed by atoms with Gasteiger partial charge in [-0.1, -0.05) is 13.0 Å². The smallest absolute Gasteiger partial charge is 0.304 e. The van der Waals surface area contributed by atoms with Crippen LogP contribution < -0.4 is 5.69 Å². The third-order valence-electron chi connectivity index (χ3n) is 6.13. The number of aromatic amines is 1. The summed E-state index contributed by atoms with van der Waals surface area (Å²) in [5.41, 5.74) is 1.99. The highest BCUT2D eigenvalue weighted by Crippen LogP contribution is 2.36. The van der Waals surface area contributed by atoms with Gasteiger partial charge in [0.15, 0.2) is 0 Å². The molecule has 37 heavy (non-hydrogen) atoms. The number of fused-ring (bicyclic) bond motifs is 3. The van der Waals surface area contributed by atoms with Crippen molar-refractivity contribution < 1.29 is 13.2 Å². The second kappa shape index (κ2) is 8.36. The van der Waals surface area contributed by atoms with E-state index in [4.69, 9.17) is 4.98 Å². The Morgan fingerprint density at radius 3 is 2.49 bits per heavy atom. The van der Waals surface area contributed by atoms with Gasteiger partial charge in [0.1, 0.15) is 19.0 Å². The SMILES string of the molecule is CCc1nc2ccc(-c3cncnc3)cc2c2c1[nH]c(=O)n2-c1ccc(-n2cncn2)c(C(F)(F)F)c1. The topological polar surface area (TPSA) is 107 Å². The maximum atomic E-state index is 14.1. The Morgan fingerprint density at radius 1 is 0.973 bits per heavy atom. The molecule has 9 nitrogen and oxygen atoms in total. The lowest BCUT2D eigenvalue weighted by molar-refractivity contribution is -0.137. The summed E-state index contributed by atoms with van der Waals surface area (Å²) in [5, 5.41) is 4.43. The number of alkyl halides is 3. The molecule has 0 spiro atoms. The van der Waals surface area contributed by atoms with Gasteiger partial charge >= 0.3 is 11.9 Å². The van der Waals surface area contributed by atoms with E-state index in [1.165, 1.54) is 29.4 Å². The number of nitrogens with zero attached hydrogens (tertiary/aromatic N) is 7. The van der Waals surface area contributed by atoms with Crippen molar-refractivity contribution in [1.29, 1.82) is 0 Å². The fourth-order valence-corrected chi connectivity index (χ4v) is 4.48. The predicted molar refractivity (Wildman–Crippen MR) is 130 cm³/mol. The summed E-state index contributed by atoms with van der Waals surface area (Å²) in [5.74, 6) is 0. The first-order valence-corrected chi connectivity index (χ1v) is 11.2. The first-order chi connectivity index (χ1) is 17.8. The summed E-state index contributed by atoms with van der Waals surface area (Å²) in [4.78, 5) is 32.6. The maximum Gasteiger partial charge on any atom is 0.418 e. The molecule has 0 bridgehead atoms. The number of nitrogens with one attached hydrogen (secondary N) is 1. The second-order valence-corrected chi connectivity index (χ2v) is 8.30. The van der Waals surface area contributed by atoms with Gasteiger partial charge in [-0.25, -0.2) is 24.4 Å². The molecule has 0 fully saturated rings. The van der Waals surface area contributed by atoms with E-state index in [2.05, 4.69) is 25.0 Å². The maximum absolute atomic E-state index is 14.1. The molecule has 1 N–H and O–H groups in total. The van der Waals surface area contributed by atoms with Crippen molar-refractivity contribution in [1.82, 2.24) is 39.3 Å². The van der Waals surface area contributed by atoms with Gasteiger partial charge in [0.05, 0.1) is 39.2 Å². The minimum absolute atomic E-state index is 0.0513. The third kappa shape index (κ3) is 3.73. The molecule has 0 unspecified atom stereocenters. The molecular weight excluding hydrogens is 485 g/mol. The molecule has 0 saturated carbocycles. The zero-order chi connectivity index (χ0) is 25.7. The molecular formula is C25H17F3N8O. The zero-order valence-corrected chi connectivity index (χ0v) is 19.2. The minimum atomic E-state index is -4.70. The number of aromatic nitrogens is 8. The standard InChI is InChI=1S/C25H17F3N8O/c1-2-19-22-23(17-7-14(3-5-20(17)33-19)15-9-29-11-30-10-15)36(24(37)34-22)16-4-6-21(35-13-31-12-32-35)18(8-16)25(26,27)28/h3-13H,2H2,1H3,(H,34,37). The van der Waals surface area contributed by atoms with Crippen molar-refractivity contribution in [2.24, 2.45) is 0 Å². The fraction of sp³-hybridized carbons (Fsp3) is 0.120. The van der Waals surface area contributed by atoms with Crippen LogP contribution in [-0.4, -0.2) is 39.3 Å². The highest BCUT2D eigenvalue weighted by Gasteiger charge is 2.35. The summed E-state index contributed by atoms with van der Waals surface area (Å²) in [7, 11) is 0. The van der Waals surface area contributed by atoms with Crippen LogP contribution in [0, 0.1) is 0 Å². The Hall–Kier alpha value is -4.87. The van der Waals surface area contributed by atoms with E-state index in [0.717, 1.165) is 28.2 Å². The number of halogens is 3. The quantitative estimate of drug-likeness (QED) is 0.381. The monoisotopic (exact) mass is 502 g/mol. The van der Waals surface area contributed by atoms with E-state index in [1.807, 2.05) is 25.1 Å². The van der Waals surface area contributed by atoms with Crippen molar-refractivity contribution in [3.05, 3.63) is 89.5 Å². The Balaban J connectivity index is 1.67. The molecule has 6 aromatic rings. The van der Waals surface area contributed by atoms with E-state index in [-0.39, 0.29) is 11.4 Å². The van der Waals surface area contributed by atoms with Gasteiger partial charge in [-0.05, 0) is 42.3 Å². The van der Waals surface area contributed by atoms with Gasteiger partial charge < -0.3 is 4.98 Å². The Bertz CT molecular complexity index is 1820. The summed E-state index contributed by atoms with van der Waals surface area (Å²) < 4.78 is 44.6. The van der Waals surface area contributed by atoms with Crippen LogP contribution in [0.2, 0.25) is 0 Å². The van der Waals surface area contributed by atoms with Gasteiger partial charge in [-0.3, -0.25) is 9.55 Å². The van der Waals surface area contributed by atoms with Crippen LogP contribution in [0.25, 0.3) is 44.4 Å². The average Bonchev–Trinajstić information content (AvgIpc) is 3.56. The van der Waals surface area contributed by atoms with Crippen LogP contribution in [0.4, 0.5) is 13.2 Å². The number of benzene rings is 2. The lowest BCUT2D eigenvalue weighted by Crippen LogP contribution is -2.17. The van der Waals surface area contributed by atoms with Gasteiger partial charge in [0.2, 0.25) is 0 Å². The molecule has 184 valence electrons. The molecule has 0 atom stereocenters. The molecule has 0 saturated heterocycles. The lowest BCUT2D eigenvalue weighted by Gasteiger charge is -2.15. The van der Waals surface area contributed by atoms with E-state index in [1.54, 1.807) is 12.4 Å². The van der Waals surface area contributed by atoms with Crippen LogP contribution in [0.5, 0.6) is 0 Å². The van der Waals surface area contributed by atoms with E-state index in [0.29, 0.717) is 34.1 Å². The Labute approximate surface area is 206 Å². The van der Waals surface area contributed by atoms with Crippen LogP contribution in [0.3, 0.4) is 0 Å². The number of imidazole rings is 1. The highest BCUT2D eigenvalue weighted by molar-refractivity contribution is 6.05. The van der Waals surface area contributed by atoms with E-state index < -0.39 is 17.4 Å². The third-order valence-corrected chi connectivity index (χ3v) is 6.13. The van der Waals surface area contributed by atoms with Crippen LogP contribution >= 0.6 is 0 Å². The first-order valence-electron chi connectivity index (χ1n) is 11.2. The van der Waals surface area contributed by atoms with Crippen molar-refractivity contribution in [2.75, 3.05) is 0 Å². The summed E-state index contributed by atoms with van der Waals surface area (Å²) in [6, 6.07) is 9.18. The largest absolute Gasteiger partial charge is 0.418 e. The molecule has 0 radical (unpaired) electrons. The number of hydrogen-bond acceptors (Lipinski definition) is 6. The molecule has 4 aromatic heterocycles. The number of hydrogen-bond donors (Lipinski definition) is 1. The Kier molecular flexibility index (Phi) is 5.10. The molecule has 12 heteroatoms. The molecule has 0 amide bonds. The average molecular weight is 502 g/mol.